The van der Waals surface area contributed by atoms with Crippen molar-refractivity contribution in [2.24, 2.45) is 7.05 Å². The third-order valence-electron chi connectivity index (χ3n) is 3.27. The van der Waals surface area contributed by atoms with Gasteiger partial charge in [0.15, 0.2) is 0 Å². The van der Waals surface area contributed by atoms with Crippen molar-refractivity contribution in [3.63, 3.8) is 0 Å². The maximum atomic E-state index is 12.4. The largest absolute Gasteiger partial charge is 0.348 e. The van der Waals surface area contributed by atoms with E-state index >= 15 is 0 Å². The van der Waals surface area contributed by atoms with Gasteiger partial charge in [0, 0.05) is 29.2 Å². The van der Waals surface area contributed by atoms with Crippen LogP contribution in [0.1, 0.15) is 0 Å². The minimum atomic E-state index is -3.63. The van der Waals surface area contributed by atoms with E-state index in [2.05, 4.69) is 4.72 Å². The van der Waals surface area contributed by atoms with Gasteiger partial charge in [0.25, 0.3) is 10.0 Å². The second-order valence-corrected chi connectivity index (χ2v) is 6.85. The number of rotatable bonds is 3. The molecule has 4 nitrogen and oxygen atoms in total. The average Bonchev–Trinajstić information content (AvgIpc) is 2.76. The lowest BCUT2D eigenvalue weighted by atomic mass is 10.2. The van der Waals surface area contributed by atoms with E-state index in [9.17, 15) is 8.42 Å². The molecule has 3 rings (SSSR count). The highest BCUT2D eigenvalue weighted by atomic mass is 35.5. The van der Waals surface area contributed by atoms with Gasteiger partial charge in [-0.3, -0.25) is 4.72 Å². The molecule has 0 saturated carbocycles. The fraction of sp³-hybridized carbons (Fsp3) is 0.0667. The number of hydrogen-bond donors (Lipinski definition) is 1. The molecule has 0 amide bonds. The molecular weight excluding hydrogens is 308 g/mol. The first kappa shape index (κ1) is 14.0. The Morgan fingerprint density at radius 3 is 2.43 bits per heavy atom. The molecule has 3 aromatic rings. The summed E-state index contributed by atoms with van der Waals surface area (Å²) in [5, 5.41) is 1.36. The van der Waals surface area contributed by atoms with E-state index in [-0.39, 0.29) is 4.90 Å². The second kappa shape index (κ2) is 5.09. The number of aromatic nitrogens is 1. The van der Waals surface area contributed by atoms with E-state index in [4.69, 9.17) is 11.6 Å². The molecule has 2 aromatic carbocycles. The first-order valence-electron chi connectivity index (χ1n) is 6.30. The number of sulfonamides is 1. The van der Waals surface area contributed by atoms with Crippen molar-refractivity contribution in [1.82, 2.24) is 4.57 Å². The lowest BCUT2D eigenvalue weighted by Gasteiger charge is -2.07. The van der Waals surface area contributed by atoms with Gasteiger partial charge in [0.2, 0.25) is 0 Å². The topological polar surface area (TPSA) is 51.1 Å². The van der Waals surface area contributed by atoms with Gasteiger partial charge in [-0.15, -0.1) is 0 Å². The molecule has 0 unspecified atom stereocenters. The molecule has 6 heteroatoms. The molecular formula is C15H13ClN2O2S. The van der Waals surface area contributed by atoms with Gasteiger partial charge in [-0.05, 0) is 30.3 Å². The molecule has 21 heavy (non-hydrogen) atoms. The highest BCUT2D eigenvalue weighted by Crippen LogP contribution is 2.27. The van der Waals surface area contributed by atoms with Crippen LogP contribution < -0.4 is 4.72 Å². The molecule has 0 atom stereocenters. The van der Waals surface area contributed by atoms with Crippen molar-refractivity contribution in [3.8, 4) is 0 Å². The van der Waals surface area contributed by atoms with Gasteiger partial charge in [-0.25, -0.2) is 8.42 Å². The molecule has 0 saturated heterocycles. The number of benzene rings is 2. The number of aryl methyl sites for hydroxylation is 1. The minimum absolute atomic E-state index is 0.180. The van der Waals surface area contributed by atoms with Crippen LogP contribution in [0.4, 0.5) is 5.69 Å². The third kappa shape index (κ3) is 2.62. The summed E-state index contributed by atoms with van der Waals surface area (Å²) in [5.74, 6) is 0. The van der Waals surface area contributed by atoms with E-state index in [0.717, 1.165) is 10.9 Å². The highest BCUT2D eigenvalue weighted by Gasteiger charge is 2.16. The normalized spacial score (nSPS) is 11.7. The van der Waals surface area contributed by atoms with Crippen LogP contribution in [0.15, 0.2) is 59.6 Å². The van der Waals surface area contributed by atoms with Gasteiger partial charge < -0.3 is 4.57 Å². The molecule has 0 bridgehead atoms. The fourth-order valence-electron chi connectivity index (χ4n) is 2.24. The molecule has 0 radical (unpaired) electrons. The number of halogens is 1. The predicted octanol–water partition coefficient (Wildman–Crippen LogP) is 3.63. The number of para-hydroxylation sites is 1. The molecule has 108 valence electrons. The van der Waals surface area contributed by atoms with Gasteiger partial charge in [0.1, 0.15) is 0 Å². The van der Waals surface area contributed by atoms with Gasteiger partial charge in [-0.2, -0.15) is 0 Å². The molecule has 0 aliphatic rings. The zero-order valence-corrected chi connectivity index (χ0v) is 12.8. The van der Waals surface area contributed by atoms with E-state index in [1.165, 1.54) is 12.1 Å². The summed E-state index contributed by atoms with van der Waals surface area (Å²) in [5.41, 5.74) is 1.52. The zero-order valence-electron chi connectivity index (χ0n) is 11.2. The molecule has 1 N–H and O–H groups in total. The summed E-state index contributed by atoms with van der Waals surface area (Å²) in [7, 11) is -1.75. The average molecular weight is 321 g/mol. The van der Waals surface area contributed by atoms with Crippen LogP contribution in [0.5, 0.6) is 0 Å². The van der Waals surface area contributed by atoms with Crippen LogP contribution in [0.25, 0.3) is 10.9 Å². The third-order valence-corrected chi connectivity index (χ3v) is 4.90. The summed E-state index contributed by atoms with van der Waals surface area (Å²) in [6.45, 7) is 0. The van der Waals surface area contributed by atoms with Crippen molar-refractivity contribution in [2.75, 3.05) is 4.72 Å². The van der Waals surface area contributed by atoms with E-state index < -0.39 is 10.0 Å². The van der Waals surface area contributed by atoms with E-state index in [0.29, 0.717) is 10.7 Å². The standard InChI is InChI=1S/C15H13ClN2O2S/c1-18-10-14(13-4-2-3-5-15(13)18)17-21(19,20)12-8-6-11(16)7-9-12/h2-10,17H,1H3. The minimum Gasteiger partial charge on any atom is -0.348 e. The number of anilines is 1. The number of nitrogens with zero attached hydrogens (tertiary/aromatic N) is 1. The molecule has 0 fully saturated rings. The SMILES string of the molecule is Cn1cc(NS(=O)(=O)c2ccc(Cl)cc2)c2ccccc21. The first-order chi connectivity index (χ1) is 9.97. The Kier molecular flexibility index (Phi) is 3.39. The van der Waals surface area contributed by atoms with Crippen LogP contribution in [-0.4, -0.2) is 13.0 Å². The van der Waals surface area contributed by atoms with Crippen molar-refractivity contribution in [1.29, 1.82) is 0 Å². The van der Waals surface area contributed by atoms with Crippen LogP contribution in [-0.2, 0) is 17.1 Å². The maximum Gasteiger partial charge on any atom is 0.261 e. The molecule has 1 aromatic heterocycles. The number of nitrogens with one attached hydrogen (secondary N) is 1. The highest BCUT2D eigenvalue weighted by molar-refractivity contribution is 7.92. The van der Waals surface area contributed by atoms with Crippen LogP contribution in [0, 0.1) is 0 Å². The Bertz CT molecular complexity index is 899. The second-order valence-electron chi connectivity index (χ2n) is 4.73. The van der Waals surface area contributed by atoms with Crippen LogP contribution in [0.3, 0.4) is 0 Å². The summed E-state index contributed by atoms with van der Waals surface area (Å²) in [4.78, 5) is 0.180. The summed E-state index contributed by atoms with van der Waals surface area (Å²) in [6.07, 6.45) is 1.76. The fourth-order valence-corrected chi connectivity index (χ4v) is 3.43. The lowest BCUT2D eigenvalue weighted by molar-refractivity contribution is 0.601. The smallest absolute Gasteiger partial charge is 0.261 e. The Morgan fingerprint density at radius 1 is 1.05 bits per heavy atom. The Balaban J connectivity index is 2.03. The molecule has 0 aliphatic heterocycles. The van der Waals surface area contributed by atoms with Gasteiger partial charge >= 0.3 is 0 Å². The van der Waals surface area contributed by atoms with E-state index in [1.807, 2.05) is 35.9 Å². The molecule has 0 aliphatic carbocycles. The monoisotopic (exact) mass is 320 g/mol. The number of hydrogen-bond acceptors (Lipinski definition) is 2. The van der Waals surface area contributed by atoms with Gasteiger partial charge in [0.05, 0.1) is 10.6 Å². The Morgan fingerprint density at radius 2 is 1.71 bits per heavy atom. The Labute approximate surface area is 128 Å². The maximum absolute atomic E-state index is 12.4. The summed E-state index contributed by atoms with van der Waals surface area (Å²) < 4.78 is 29.3. The predicted molar refractivity (Wildman–Crippen MR) is 85.2 cm³/mol. The van der Waals surface area contributed by atoms with E-state index in [1.54, 1.807) is 18.3 Å². The zero-order chi connectivity index (χ0) is 15.0. The van der Waals surface area contributed by atoms with Crippen molar-refractivity contribution in [2.45, 2.75) is 4.90 Å². The Hall–Kier alpha value is -1.98. The van der Waals surface area contributed by atoms with Crippen molar-refractivity contribution >= 4 is 38.2 Å². The quantitative estimate of drug-likeness (QED) is 0.801. The molecule has 0 spiro atoms. The first-order valence-corrected chi connectivity index (χ1v) is 8.16. The number of fused-ring (bicyclic) bond motifs is 1. The van der Waals surface area contributed by atoms with Gasteiger partial charge in [-0.1, -0.05) is 29.8 Å². The van der Waals surface area contributed by atoms with Crippen LogP contribution in [0.2, 0.25) is 5.02 Å². The van der Waals surface area contributed by atoms with Crippen LogP contribution >= 0.6 is 11.6 Å². The summed E-state index contributed by atoms with van der Waals surface area (Å²) in [6, 6.07) is 13.7. The van der Waals surface area contributed by atoms with Crippen molar-refractivity contribution < 1.29 is 8.42 Å². The van der Waals surface area contributed by atoms with Crippen molar-refractivity contribution in [3.05, 3.63) is 59.8 Å². The lowest BCUT2D eigenvalue weighted by Crippen LogP contribution is -2.12. The molecule has 1 heterocycles. The summed E-state index contributed by atoms with van der Waals surface area (Å²) >= 11 is 5.78.